The van der Waals surface area contributed by atoms with Gasteiger partial charge in [0.15, 0.2) is 11.6 Å². The molecule has 0 radical (unpaired) electrons. The molecule has 0 aliphatic heterocycles. The molecule has 2 rings (SSSR count). The van der Waals surface area contributed by atoms with E-state index in [1.54, 1.807) is 17.4 Å². The van der Waals surface area contributed by atoms with Gasteiger partial charge >= 0.3 is 0 Å². The van der Waals surface area contributed by atoms with Crippen LogP contribution >= 0.6 is 43.2 Å². The van der Waals surface area contributed by atoms with Gasteiger partial charge in [0.05, 0.1) is 4.47 Å². The monoisotopic (exact) mass is 437 g/mol. The van der Waals surface area contributed by atoms with Gasteiger partial charge < -0.3 is 5.32 Å². The Morgan fingerprint density at radius 3 is 2.67 bits per heavy atom. The Morgan fingerprint density at radius 1 is 1.29 bits per heavy atom. The minimum Gasteiger partial charge on any atom is -0.310 e. The van der Waals surface area contributed by atoms with Gasteiger partial charge in [0.2, 0.25) is 0 Å². The van der Waals surface area contributed by atoms with E-state index in [2.05, 4.69) is 50.2 Å². The predicted octanol–water partition coefficient (Wildman–Crippen LogP) is 5.83. The zero-order valence-corrected chi connectivity index (χ0v) is 15.4. The molecule has 2 aromatic rings. The van der Waals surface area contributed by atoms with E-state index in [4.69, 9.17) is 0 Å². The normalized spacial score (nSPS) is 12.6. The molecule has 1 N–H and O–H groups in total. The fourth-order valence-electron chi connectivity index (χ4n) is 2.08. The molecule has 1 unspecified atom stereocenters. The summed E-state index contributed by atoms with van der Waals surface area (Å²) in [6.45, 7) is 2.90. The van der Waals surface area contributed by atoms with Crippen LogP contribution in [0.3, 0.4) is 0 Å². The number of thiophene rings is 1. The lowest BCUT2D eigenvalue weighted by Crippen LogP contribution is -2.24. The van der Waals surface area contributed by atoms with Gasteiger partial charge in [0.1, 0.15) is 0 Å². The first kappa shape index (κ1) is 17.1. The number of rotatable bonds is 6. The summed E-state index contributed by atoms with van der Waals surface area (Å²) in [6, 6.07) is 4.82. The number of benzene rings is 1. The largest absolute Gasteiger partial charge is 0.310 e. The van der Waals surface area contributed by atoms with Gasteiger partial charge in [0.25, 0.3) is 0 Å². The third kappa shape index (κ3) is 4.34. The Morgan fingerprint density at radius 2 is 2.05 bits per heavy atom. The van der Waals surface area contributed by atoms with Crippen molar-refractivity contribution in [1.29, 1.82) is 0 Å². The van der Waals surface area contributed by atoms with Crippen LogP contribution in [0.25, 0.3) is 0 Å². The molecule has 0 aliphatic carbocycles. The third-order valence-corrected chi connectivity index (χ3v) is 5.63. The Bertz CT molecular complexity index is 616. The minimum atomic E-state index is -0.835. The summed E-state index contributed by atoms with van der Waals surface area (Å²) < 4.78 is 28.3. The van der Waals surface area contributed by atoms with E-state index in [0.29, 0.717) is 0 Å². The van der Waals surface area contributed by atoms with Gasteiger partial charge in [-0.3, -0.25) is 0 Å². The number of hydrogen-bond acceptors (Lipinski definition) is 2. The van der Waals surface area contributed by atoms with Crippen molar-refractivity contribution in [3.8, 4) is 0 Å². The standard InChI is InChI=1S/C15H15Br2F2NS/c1-2-5-20-13(7-10-6-9(16)8-21-10)11-3-4-12(18)15(19)14(11)17/h3-4,6,8,13,20H,2,5,7H2,1H3. The molecular formula is C15H15Br2F2NS. The number of halogens is 4. The lowest BCUT2D eigenvalue weighted by molar-refractivity contribution is 0.488. The van der Waals surface area contributed by atoms with Crippen LogP contribution in [0.4, 0.5) is 8.78 Å². The van der Waals surface area contributed by atoms with E-state index in [1.165, 1.54) is 10.9 Å². The molecule has 0 bridgehead atoms. The fourth-order valence-corrected chi connectivity index (χ4v) is 4.18. The van der Waals surface area contributed by atoms with Crippen LogP contribution in [0.2, 0.25) is 0 Å². The van der Waals surface area contributed by atoms with Gasteiger partial charge in [-0.05, 0) is 62.5 Å². The zero-order valence-electron chi connectivity index (χ0n) is 11.4. The Labute approximate surface area is 144 Å². The van der Waals surface area contributed by atoms with Gasteiger partial charge in [-0.1, -0.05) is 13.0 Å². The second-order valence-corrected chi connectivity index (χ2v) is 7.41. The molecule has 1 heterocycles. The van der Waals surface area contributed by atoms with E-state index < -0.39 is 11.6 Å². The molecule has 0 saturated heterocycles. The Hall–Kier alpha value is -0.300. The summed E-state index contributed by atoms with van der Waals surface area (Å²) in [5.74, 6) is -1.66. The summed E-state index contributed by atoms with van der Waals surface area (Å²) in [6.07, 6.45) is 1.71. The van der Waals surface area contributed by atoms with Crippen LogP contribution in [0.15, 0.2) is 32.5 Å². The lowest BCUT2D eigenvalue weighted by atomic mass is 10.0. The average Bonchev–Trinajstić information content (AvgIpc) is 2.87. The van der Waals surface area contributed by atoms with Crippen molar-refractivity contribution in [1.82, 2.24) is 5.32 Å². The van der Waals surface area contributed by atoms with Crippen LogP contribution in [-0.4, -0.2) is 6.54 Å². The molecule has 0 aliphatic rings. The Balaban J connectivity index is 2.29. The van der Waals surface area contributed by atoms with Crippen molar-refractivity contribution in [3.63, 3.8) is 0 Å². The highest BCUT2D eigenvalue weighted by molar-refractivity contribution is 9.10. The highest BCUT2D eigenvalue weighted by Gasteiger charge is 2.19. The second kappa shape index (κ2) is 7.81. The van der Waals surface area contributed by atoms with Crippen LogP contribution in [0.5, 0.6) is 0 Å². The summed E-state index contributed by atoms with van der Waals surface area (Å²) in [4.78, 5) is 1.19. The molecule has 6 heteroatoms. The van der Waals surface area contributed by atoms with Gasteiger partial charge in [0, 0.05) is 27.2 Å². The number of nitrogens with one attached hydrogen (secondary N) is 1. The van der Waals surface area contributed by atoms with Crippen molar-refractivity contribution in [3.05, 3.63) is 54.6 Å². The van der Waals surface area contributed by atoms with Crippen LogP contribution < -0.4 is 5.32 Å². The quantitative estimate of drug-likeness (QED) is 0.559. The van der Waals surface area contributed by atoms with Crippen molar-refractivity contribution in [2.45, 2.75) is 25.8 Å². The maximum Gasteiger partial charge on any atom is 0.173 e. The molecule has 0 spiro atoms. The first-order valence-electron chi connectivity index (χ1n) is 6.62. The SMILES string of the molecule is CCCNC(Cc1cc(Br)cs1)c1ccc(F)c(F)c1Br. The first-order valence-corrected chi connectivity index (χ1v) is 9.09. The molecular weight excluding hydrogens is 424 g/mol. The van der Waals surface area contributed by atoms with E-state index in [1.807, 2.05) is 5.38 Å². The van der Waals surface area contributed by atoms with E-state index in [-0.39, 0.29) is 10.5 Å². The smallest absolute Gasteiger partial charge is 0.173 e. The molecule has 0 saturated carbocycles. The second-order valence-electron chi connectivity index (χ2n) is 4.71. The van der Waals surface area contributed by atoms with Crippen LogP contribution in [-0.2, 0) is 6.42 Å². The van der Waals surface area contributed by atoms with Crippen LogP contribution in [0.1, 0.15) is 29.8 Å². The molecule has 1 aromatic carbocycles. The van der Waals surface area contributed by atoms with E-state index >= 15 is 0 Å². The molecule has 1 nitrogen and oxygen atoms in total. The summed E-state index contributed by atoms with van der Waals surface area (Å²) >= 11 is 8.27. The zero-order chi connectivity index (χ0) is 15.4. The highest BCUT2D eigenvalue weighted by atomic mass is 79.9. The molecule has 1 aromatic heterocycles. The van der Waals surface area contributed by atoms with E-state index in [9.17, 15) is 8.78 Å². The topological polar surface area (TPSA) is 12.0 Å². The summed E-state index contributed by atoms with van der Waals surface area (Å²) in [5, 5.41) is 5.42. The molecule has 0 fully saturated rings. The lowest BCUT2D eigenvalue weighted by Gasteiger charge is -2.20. The molecule has 114 valence electrons. The van der Waals surface area contributed by atoms with Crippen molar-refractivity contribution in [2.75, 3.05) is 6.54 Å². The highest BCUT2D eigenvalue weighted by Crippen LogP contribution is 2.31. The van der Waals surface area contributed by atoms with Gasteiger partial charge in [-0.15, -0.1) is 11.3 Å². The molecule has 1 atom stereocenters. The van der Waals surface area contributed by atoms with Crippen molar-refractivity contribution >= 4 is 43.2 Å². The maximum absolute atomic E-state index is 13.8. The van der Waals surface area contributed by atoms with Gasteiger partial charge in [-0.25, -0.2) is 8.78 Å². The minimum absolute atomic E-state index is 0.0556. The molecule has 0 amide bonds. The fraction of sp³-hybridized carbons (Fsp3) is 0.333. The predicted molar refractivity (Wildman–Crippen MR) is 90.8 cm³/mol. The average molecular weight is 439 g/mol. The summed E-state index contributed by atoms with van der Waals surface area (Å²) in [7, 11) is 0. The number of hydrogen-bond donors (Lipinski definition) is 1. The van der Waals surface area contributed by atoms with Gasteiger partial charge in [-0.2, -0.15) is 0 Å². The van der Waals surface area contributed by atoms with Crippen molar-refractivity contribution in [2.24, 2.45) is 0 Å². The molecule has 21 heavy (non-hydrogen) atoms. The summed E-state index contributed by atoms with van der Waals surface area (Å²) in [5.41, 5.74) is 0.742. The van der Waals surface area contributed by atoms with E-state index in [0.717, 1.165) is 29.4 Å². The first-order chi connectivity index (χ1) is 10.0. The van der Waals surface area contributed by atoms with Crippen molar-refractivity contribution < 1.29 is 8.78 Å². The Kier molecular flexibility index (Phi) is 6.34. The third-order valence-electron chi connectivity index (χ3n) is 3.11. The van der Waals surface area contributed by atoms with Crippen LogP contribution in [0, 0.1) is 11.6 Å². The maximum atomic E-state index is 13.8.